The van der Waals surface area contributed by atoms with Crippen molar-refractivity contribution in [2.24, 2.45) is 0 Å². The van der Waals surface area contributed by atoms with E-state index in [9.17, 15) is 22.4 Å². The molecule has 0 aliphatic heterocycles. The van der Waals surface area contributed by atoms with Gasteiger partial charge in [0.2, 0.25) is 11.8 Å². The number of aryl methyl sites for hydroxylation is 1. The van der Waals surface area contributed by atoms with E-state index in [1.807, 2.05) is 45.0 Å². The zero-order chi connectivity index (χ0) is 26.3. The maximum Gasteiger partial charge on any atom is 0.304 e. The van der Waals surface area contributed by atoms with Gasteiger partial charge in [-0.1, -0.05) is 43.3 Å². The molecule has 0 aliphatic rings. The minimum absolute atomic E-state index is 0.0999. The third-order valence-corrected chi connectivity index (χ3v) is 7.36. The summed E-state index contributed by atoms with van der Waals surface area (Å²) in [6.07, 6.45) is 0.316. The van der Waals surface area contributed by atoms with Crippen LogP contribution in [-0.4, -0.2) is 62.2 Å². The maximum absolute atomic E-state index is 14.7. The van der Waals surface area contributed by atoms with E-state index in [0.29, 0.717) is 6.42 Å². The highest BCUT2D eigenvalue weighted by Gasteiger charge is 2.34. The molecule has 0 spiro atoms. The molecule has 2 amide bonds. The lowest BCUT2D eigenvalue weighted by Crippen LogP contribution is -2.54. The molecule has 35 heavy (non-hydrogen) atoms. The highest BCUT2D eigenvalue weighted by Crippen LogP contribution is 2.24. The Hall–Kier alpha value is -2.98. The Morgan fingerprint density at radius 1 is 1.03 bits per heavy atom. The summed E-state index contributed by atoms with van der Waals surface area (Å²) in [6.45, 7) is 6.76. The molecule has 1 unspecified atom stereocenters. The lowest BCUT2D eigenvalue weighted by atomic mass is 10.1. The van der Waals surface area contributed by atoms with Crippen LogP contribution in [-0.2, 0) is 26.3 Å². The van der Waals surface area contributed by atoms with Crippen LogP contribution in [0.15, 0.2) is 48.5 Å². The van der Waals surface area contributed by atoms with Gasteiger partial charge in [-0.3, -0.25) is 9.59 Å². The van der Waals surface area contributed by atoms with Crippen LogP contribution in [0.3, 0.4) is 0 Å². The van der Waals surface area contributed by atoms with Gasteiger partial charge in [0, 0.05) is 26.7 Å². The van der Waals surface area contributed by atoms with Gasteiger partial charge >= 0.3 is 10.2 Å². The van der Waals surface area contributed by atoms with Gasteiger partial charge in [-0.15, -0.1) is 0 Å². The summed E-state index contributed by atoms with van der Waals surface area (Å²) in [4.78, 5) is 28.1. The van der Waals surface area contributed by atoms with Crippen LogP contribution >= 0.6 is 0 Å². The van der Waals surface area contributed by atoms with Crippen LogP contribution < -0.4 is 9.62 Å². The van der Waals surface area contributed by atoms with Crippen LogP contribution in [0.5, 0.6) is 0 Å². The second-order valence-corrected chi connectivity index (χ2v) is 10.9. The molecule has 2 aromatic rings. The van der Waals surface area contributed by atoms with Gasteiger partial charge < -0.3 is 10.2 Å². The fourth-order valence-electron chi connectivity index (χ4n) is 3.63. The van der Waals surface area contributed by atoms with Crippen molar-refractivity contribution in [1.82, 2.24) is 14.5 Å². The third kappa shape index (κ3) is 7.02. The number of anilines is 1. The first-order chi connectivity index (χ1) is 16.4. The molecular formula is C25H35FN4O4S. The average molecular weight is 507 g/mol. The van der Waals surface area contributed by atoms with E-state index in [1.165, 1.54) is 37.2 Å². The second kappa shape index (κ2) is 12.1. The van der Waals surface area contributed by atoms with E-state index in [4.69, 9.17) is 0 Å². The monoisotopic (exact) mass is 506 g/mol. The second-order valence-electron chi connectivity index (χ2n) is 8.78. The summed E-state index contributed by atoms with van der Waals surface area (Å²) in [6, 6.07) is 11.9. The van der Waals surface area contributed by atoms with Crippen LogP contribution in [0, 0.1) is 12.7 Å². The summed E-state index contributed by atoms with van der Waals surface area (Å²) in [7, 11) is -1.60. The van der Waals surface area contributed by atoms with Gasteiger partial charge in [0.1, 0.15) is 18.4 Å². The molecule has 0 saturated heterocycles. The molecule has 1 N–H and O–H groups in total. The molecule has 0 fully saturated rings. The average Bonchev–Trinajstić information content (AvgIpc) is 2.78. The minimum atomic E-state index is -4.22. The van der Waals surface area contributed by atoms with Crippen LogP contribution in [0.1, 0.15) is 38.3 Å². The number of hydrogen-bond donors (Lipinski definition) is 1. The van der Waals surface area contributed by atoms with Gasteiger partial charge in [0.15, 0.2) is 0 Å². The number of rotatable bonds is 11. The van der Waals surface area contributed by atoms with Crippen molar-refractivity contribution in [3.63, 3.8) is 0 Å². The Labute approximate surface area is 207 Å². The number of nitrogens with zero attached hydrogens (tertiary/aromatic N) is 3. The van der Waals surface area contributed by atoms with Crippen molar-refractivity contribution in [2.45, 2.75) is 52.7 Å². The van der Waals surface area contributed by atoms with E-state index in [2.05, 4.69) is 5.32 Å². The SMILES string of the molecule is CCC(C(=O)NC(C)C)N(Cc1ccccc1C)C(=O)CN(c1ccccc1F)S(=O)(=O)N(C)C. The minimum Gasteiger partial charge on any atom is -0.352 e. The number of benzene rings is 2. The number of carbonyl (C=O) groups is 2. The molecule has 0 heterocycles. The molecule has 2 rings (SSSR count). The number of halogens is 1. The molecular weight excluding hydrogens is 471 g/mol. The first kappa shape index (κ1) is 28.3. The van der Waals surface area contributed by atoms with E-state index >= 15 is 0 Å². The summed E-state index contributed by atoms with van der Waals surface area (Å²) in [5.41, 5.74) is 1.51. The topological polar surface area (TPSA) is 90.0 Å². The fourth-order valence-corrected chi connectivity index (χ4v) is 4.69. The summed E-state index contributed by atoms with van der Waals surface area (Å²) < 4.78 is 42.5. The number of nitrogens with one attached hydrogen (secondary N) is 1. The van der Waals surface area contributed by atoms with Crippen LogP contribution in [0.25, 0.3) is 0 Å². The smallest absolute Gasteiger partial charge is 0.304 e. The quantitative estimate of drug-likeness (QED) is 0.507. The number of amides is 2. The first-order valence-electron chi connectivity index (χ1n) is 11.5. The van der Waals surface area contributed by atoms with Crippen molar-refractivity contribution >= 4 is 27.7 Å². The van der Waals surface area contributed by atoms with Gasteiger partial charge in [0.05, 0.1) is 5.69 Å². The van der Waals surface area contributed by atoms with Gasteiger partial charge in [0.25, 0.3) is 0 Å². The zero-order valence-corrected chi connectivity index (χ0v) is 22.0. The highest BCUT2D eigenvalue weighted by molar-refractivity contribution is 7.90. The zero-order valence-electron chi connectivity index (χ0n) is 21.2. The molecule has 0 bridgehead atoms. The van der Waals surface area contributed by atoms with E-state index < -0.39 is 34.5 Å². The first-order valence-corrected chi connectivity index (χ1v) is 12.9. The van der Waals surface area contributed by atoms with E-state index in [1.54, 1.807) is 6.92 Å². The largest absolute Gasteiger partial charge is 0.352 e. The molecule has 1 atom stereocenters. The van der Waals surface area contributed by atoms with Crippen LogP contribution in [0.4, 0.5) is 10.1 Å². The van der Waals surface area contributed by atoms with Crippen molar-refractivity contribution in [2.75, 3.05) is 24.9 Å². The van der Waals surface area contributed by atoms with Crippen molar-refractivity contribution < 1.29 is 22.4 Å². The molecule has 10 heteroatoms. The lowest BCUT2D eigenvalue weighted by Gasteiger charge is -2.34. The summed E-state index contributed by atoms with van der Waals surface area (Å²) in [5.74, 6) is -1.73. The molecule has 8 nitrogen and oxygen atoms in total. The number of para-hydroxylation sites is 1. The van der Waals surface area contributed by atoms with Gasteiger partial charge in [-0.2, -0.15) is 12.7 Å². The van der Waals surface area contributed by atoms with Crippen molar-refractivity contribution in [3.8, 4) is 0 Å². The van der Waals surface area contributed by atoms with Crippen molar-refractivity contribution in [3.05, 3.63) is 65.5 Å². The maximum atomic E-state index is 14.7. The van der Waals surface area contributed by atoms with E-state index in [0.717, 1.165) is 25.8 Å². The number of hydrogen-bond acceptors (Lipinski definition) is 4. The Morgan fingerprint density at radius 3 is 2.17 bits per heavy atom. The Balaban J connectivity index is 2.54. The van der Waals surface area contributed by atoms with Crippen molar-refractivity contribution in [1.29, 1.82) is 0 Å². The molecule has 0 aromatic heterocycles. The molecule has 192 valence electrons. The lowest BCUT2D eigenvalue weighted by molar-refractivity contribution is -0.140. The van der Waals surface area contributed by atoms with E-state index in [-0.39, 0.29) is 24.2 Å². The molecule has 0 radical (unpaired) electrons. The summed E-state index contributed by atoms with van der Waals surface area (Å²) in [5, 5.41) is 2.84. The predicted molar refractivity (Wildman–Crippen MR) is 135 cm³/mol. The standard InChI is InChI=1S/C25H35FN4O4S/c1-7-22(25(32)27-18(2)3)29(16-20-13-9-8-12-19(20)4)24(31)17-30(35(33,34)28(5)6)23-15-11-10-14-21(23)26/h8-15,18,22H,7,16-17H2,1-6H3,(H,27,32). The highest BCUT2D eigenvalue weighted by atomic mass is 32.2. The Kier molecular flexibility index (Phi) is 9.79. The molecule has 0 saturated carbocycles. The summed E-state index contributed by atoms with van der Waals surface area (Å²) >= 11 is 0. The number of carbonyl (C=O) groups excluding carboxylic acids is 2. The van der Waals surface area contributed by atoms with Gasteiger partial charge in [-0.05, 0) is 50.5 Å². The normalized spacial score (nSPS) is 12.5. The fraction of sp³-hybridized carbons (Fsp3) is 0.440. The molecule has 2 aromatic carbocycles. The third-order valence-electron chi connectivity index (χ3n) is 5.56. The van der Waals surface area contributed by atoms with Gasteiger partial charge in [-0.25, -0.2) is 8.70 Å². The molecule has 0 aliphatic carbocycles. The Morgan fingerprint density at radius 2 is 1.63 bits per heavy atom. The Bertz CT molecular complexity index is 1140. The predicted octanol–water partition coefficient (Wildman–Crippen LogP) is 3.08. The van der Waals surface area contributed by atoms with Crippen LogP contribution in [0.2, 0.25) is 0 Å².